The van der Waals surface area contributed by atoms with E-state index in [1.165, 1.54) is 12.2 Å². The van der Waals surface area contributed by atoms with Gasteiger partial charge in [-0.15, -0.1) is 0 Å². The van der Waals surface area contributed by atoms with Crippen LogP contribution in [-0.4, -0.2) is 16.6 Å². The Morgan fingerprint density at radius 1 is 1.08 bits per heavy atom. The number of anilines is 2. The van der Waals surface area contributed by atoms with Crippen molar-refractivity contribution in [3.05, 3.63) is 71.3 Å². The van der Waals surface area contributed by atoms with E-state index >= 15 is 0 Å². The number of rotatable bonds is 3. The number of carbonyl (C=O) groups is 1. The molecule has 0 unspecified atom stereocenters. The summed E-state index contributed by atoms with van der Waals surface area (Å²) in [7, 11) is 0. The molecule has 1 aliphatic carbocycles. The number of para-hydroxylation sites is 1. The van der Waals surface area contributed by atoms with Crippen molar-refractivity contribution in [1.82, 2.24) is 0 Å². The second kappa shape index (κ2) is 6.72. The summed E-state index contributed by atoms with van der Waals surface area (Å²) in [6, 6.07) is 12.7. The number of phenols is 1. The van der Waals surface area contributed by atoms with Gasteiger partial charge in [-0.1, -0.05) is 29.8 Å². The molecule has 3 rings (SSSR count). The van der Waals surface area contributed by atoms with Gasteiger partial charge >= 0.3 is 0 Å². The van der Waals surface area contributed by atoms with E-state index in [4.69, 9.17) is 11.6 Å². The van der Waals surface area contributed by atoms with E-state index in [0.29, 0.717) is 17.1 Å². The average Bonchev–Trinajstić information content (AvgIpc) is 2.54. The number of nitrogens with one attached hydrogen (secondary N) is 1. The number of aromatic hydroxyl groups is 1. The van der Waals surface area contributed by atoms with E-state index in [1.54, 1.807) is 24.3 Å². The second-order valence-corrected chi connectivity index (χ2v) is 5.77. The van der Waals surface area contributed by atoms with E-state index in [-0.39, 0.29) is 16.6 Å². The Morgan fingerprint density at radius 3 is 2.62 bits per heavy atom. The third-order valence-electron chi connectivity index (χ3n) is 3.55. The van der Waals surface area contributed by atoms with Crippen LogP contribution in [0.1, 0.15) is 5.56 Å². The van der Waals surface area contributed by atoms with Crippen LogP contribution in [0.15, 0.2) is 70.7 Å². The van der Waals surface area contributed by atoms with E-state index in [0.717, 1.165) is 11.3 Å². The number of phenolic OH excluding ortho intramolecular Hbond substituents is 1. The Morgan fingerprint density at radius 2 is 1.88 bits per heavy atom. The standard InChI is InChI=1S/C19H15ClN2O2/c1-12-4-2-3-5-16(12)21-19-11-14(24)7-9-18(19)22-17-8-6-13(23)10-15(17)20/h2-11,21,24H,1H3. The lowest BCUT2D eigenvalue weighted by atomic mass is 10.1. The Kier molecular flexibility index (Phi) is 4.49. The summed E-state index contributed by atoms with van der Waals surface area (Å²) in [6.07, 6.45) is 4.32. The molecule has 0 heterocycles. The number of nitrogens with zero attached hydrogens (tertiary/aromatic N) is 1. The fourth-order valence-electron chi connectivity index (χ4n) is 2.29. The summed E-state index contributed by atoms with van der Waals surface area (Å²) < 4.78 is 0. The van der Waals surface area contributed by atoms with Gasteiger partial charge in [0.25, 0.3) is 0 Å². The fourth-order valence-corrected chi connectivity index (χ4v) is 2.50. The number of halogens is 1. The zero-order valence-electron chi connectivity index (χ0n) is 13.0. The number of aryl methyl sites for hydroxylation is 1. The predicted molar refractivity (Wildman–Crippen MR) is 97.7 cm³/mol. The lowest BCUT2D eigenvalue weighted by Gasteiger charge is -2.13. The van der Waals surface area contributed by atoms with Gasteiger partial charge in [0.05, 0.1) is 22.1 Å². The van der Waals surface area contributed by atoms with Gasteiger partial charge in [-0.2, -0.15) is 0 Å². The predicted octanol–water partition coefficient (Wildman–Crippen LogP) is 4.78. The lowest BCUT2D eigenvalue weighted by Crippen LogP contribution is -2.03. The number of carbonyl (C=O) groups excluding carboxylic acids is 1. The molecule has 0 fully saturated rings. The molecule has 120 valence electrons. The molecule has 0 bridgehead atoms. The summed E-state index contributed by atoms with van der Waals surface area (Å²) in [4.78, 5) is 15.8. The van der Waals surface area contributed by atoms with Crippen LogP contribution in [0, 0.1) is 6.92 Å². The smallest absolute Gasteiger partial charge is 0.180 e. The molecule has 2 aromatic carbocycles. The van der Waals surface area contributed by atoms with Gasteiger partial charge in [0.1, 0.15) is 5.75 Å². The first-order chi connectivity index (χ1) is 11.5. The number of ketones is 1. The van der Waals surface area contributed by atoms with Crippen LogP contribution in [0.4, 0.5) is 17.1 Å². The van der Waals surface area contributed by atoms with Crippen LogP contribution in [-0.2, 0) is 4.79 Å². The molecular weight excluding hydrogens is 324 g/mol. The highest BCUT2D eigenvalue weighted by atomic mass is 35.5. The van der Waals surface area contributed by atoms with Crippen LogP contribution >= 0.6 is 11.6 Å². The van der Waals surface area contributed by atoms with Crippen LogP contribution in [0.2, 0.25) is 0 Å². The topological polar surface area (TPSA) is 61.7 Å². The Balaban J connectivity index is 2.01. The molecule has 2 N–H and O–H groups in total. The molecule has 0 saturated heterocycles. The quantitative estimate of drug-likeness (QED) is 0.792. The molecule has 0 radical (unpaired) electrons. The first kappa shape index (κ1) is 16.0. The third-order valence-corrected chi connectivity index (χ3v) is 3.86. The molecule has 2 aromatic rings. The van der Waals surface area contributed by atoms with E-state index < -0.39 is 0 Å². The maximum Gasteiger partial charge on any atom is 0.180 e. The molecular formula is C19H15ClN2O2. The van der Waals surface area contributed by atoms with Crippen molar-refractivity contribution >= 4 is 40.2 Å². The zero-order valence-corrected chi connectivity index (χ0v) is 13.7. The van der Waals surface area contributed by atoms with Crippen LogP contribution in [0.3, 0.4) is 0 Å². The fraction of sp³-hybridized carbons (Fsp3) is 0.0526. The Bertz CT molecular complexity index is 898. The third kappa shape index (κ3) is 3.55. The monoisotopic (exact) mass is 338 g/mol. The van der Waals surface area contributed by atoms with Crippen molar-refractivity contribution in [1.29, 1.82) is 0 Å². The molecule has 0 aromatic heterocycles. The zero-order chi connectivity index (χ0) is 17.1. The Labute approximate surface area is 144 Å². The van der Waals surface area contributed by atoms with Crippen LogP contribution < -0.4 is 5.32 Å². The first-order valence-electron chi connectivity index (χ1n) is 7.37. The highest BCUT2D eigenvalue weighted by molar-refractivity contribution is 6.48. The van der Waals surface area contributed by atoms with Crippen molar-refractivity contribution in [2.45, 2.75) is 6.92 Å². The molecule has 0 saturated carbocycles. The van der Waals surface area contributed by atoms with Gasteiger partial charge in [0, 0.05) is 17.8 Å². The number of hydrogen-bond donors (Lipinski definition) is 2. The van der Waals surface area contributed by atoms with E-state index in [2.05, 4.69) is 10.3 Å². The summed E-state index contributed by atoms with van der Waals surface area (Å²) >= 11 is 6.08. The summed E-state index contributed by atoms with van der Waals surface area (Å²) in [5.74, 6) is -0.0334. The van der Waals surface area contributed by atoms with Gasteiger partial charge in [0.15, 0.2) is 5.78 Å². The number of allylic oxidation sites excluding steroid dienone is 4. The van der Waals surface area contributed by atoms with Crippen molar-refractivity contribution in [3.8, 4) is 5.75 Å². The molecule has 1 aliphatic rings. The Hall–Kier alpha value is -2.85. The largest absolute Gasteiger partial charge is 0.508 e. The maximum atomic E-state index is 11.3. The van der Waals surface area contributed by atoms with E-state index in [9.17, 15) is 9.90 Å². The van der Waals surface area contributed by atoms with Gasteiger partial charge in [-0.3, -0.25) is 4.79 Å². The lowest BCUT2D eigenvalue weighted by molar-refractivity contribution is -0.110. The molecule has 0 amide bonds. The van der Waals surface area contributed by atoms with Crippen LogP contribution in [0.25, 0.3) is 0 Å². The number of aliphatic imine (C=N–C) groups is 1. The minimum atomic E-state index is -0.164. The van der Waals surface area contributed by atoms with Crippen molar-refractivity contribution < 1.29 is 9.90 Å². The average molecular weight is 339 g/mol. The maximum absolute atomic E-state index is 11.3. The molecule has 0 spiro atoms. The van der Waals surface area contributed by atoms with Gasteiger partial charge in [0.2, 0.25) is 0 Å². The van der Waals surface area contributed by atoms with Crippen molar-refractivity contribution in [2.75, 3.05) is 5.32 Å². The SMILES string of the molecule is Cc1ccccc1Nc1cc(O)ccc1N=C1C=CC(=O)C=C1Cl. The summed E-state index contributed by atoms with van der Waals surface area (Å²) in [5.41, 5.74) is 3.74. The summed E-state index contributed by atoms with van der Waals surface area (Å²) in [6.45, 7) is 1.99. The van der Waals surface area contributed by atoms with E-state index in [1.807, 2.05) is 31.2 Å². The highest BCUT2D eigenvalue weighted by Crippen LogP contribution is 2.33. The molecule has 4 nitrogen and oxygen atoms in total. The van der Waals surface area contributed by atoms with Crippen molar-refractivity contribution in [3.63, 3.8) is 0 Å². The second-order valence-electron chi connectivity index (χ2n) is 5.37. The molecule has 24 heavy (non-hydrogen) atoms. The van der Waals surface area contributed by atoms with Crippen LogP contribution in [0.5, 0.6) is 5.75 Å². The first-order valence-corrected chi connectivity index (χ1v) is 7.75. The van der Waals surface area contributed by atoms with Crippen molar-refractivity contribution in [2.24, 2.45) is 4.99 Å². The molecule has 5 heteroatoms. The van der Waals surface area contributed by atoms with Gasteiger partial charge in [-0.25, -0.2) is 4.99 Å². The minimum absolute atomic E-state index is 0.131. The highest BCUT2D eigenvalue weighted by Gasteiger charge is 2.11. The number of benzene rings is 2. The summed E-state index contributed by atoms with van der Waals surface area (Å²) in [5, 5.41) is 13.4. The molecule has 0 atom stereocenters. The van der Waals surface area contributed by atoms with Gasteiger partial charge < -0.3 is 10.4 Å². The van der Waals surface area contributed by atoms with Gasteiger partial charge in [-0.05, 0) is 42.8 Å². The normalized spacial score (nSPS) is 15.5. The minimum Gasteiger partial charge on any atom is -0.508 e. The molecule has 0 aliphatic heterocycles. The number of hydrogen-bond acceptors (Lipinski definition) is 4.